The average molecular weight is 339 g/mol. The van der Waals surface area contributed by atoms with Gasteiger partial charge < -0.3 is 10.0 Å². The molecular weight excluding hydrogens is 316 g/mol. The minimum atomic E-state index is -2.73. The third kappa shape index (κ3) is 3.57. The minimum absolute atomic E-state index is 0.00116. The molecule has 5 nitrogen and oxygen atoms in total. The third-order valence-corrected chi connectivity index (χ3v) is 4.99. The maximum atomic E-state index is 13.6. The maximum absolute atomic E-state index is 13.6. The summed E-state index contributed by atoms with van der Waals surface area (Å²) in [5.41, 5.74) is 1.41. The van der Waals surface area contributed by atoms with Crippen LogP contribution in [0.4, 0.5) is 8.78 Å². The van der Waals surface area contributed by atoms with Crippen molar-refractivity contribution in [2.24, 2.45) is 0 Å². The van der Waals surface area contributed by atoms with Crippen molar-refractivity contribution < 1.29 is 18.7 Å². The first-order valence-electron chi connectivity index (χ1n) is 8.36. The normalized spacial score (nSPS) is 25.2. The van der Waals surface area contributed by atoms with Crippen LogP contribution in [0.15, 0.2) is 18.3 Å². The Kier molecular flexibility index (Phi) is 4.83. The van der Waals surface area contributed by atoms with Crippen LogP contribution in [-0.4, -0.2) is 70.0 Å². The van der Waals surface area contributed by atoms with E-state index in [4.69, 9.17) is 0 Å². The van der Waals surface area contributed by atoms with Crippen molar-refractivity contribution >= 4 is 5.91 Å². The Morgan fingerprint density at radius 1 is 1.42 bits per heavy atom. The van der Waals surface area contributed by atoms with Crippen molar-refractivity contribution in [3.8, 4) is 0 Å². The standard InChI is InChI=1S/C17H23F2N3O2/c1-12-8-13(2-5-20-12)16(24)21-6-3-14(4-7-21)22-11-17(18,19)9-15(22)10-23/h2,5,8,14-15,23H,3-4,6-7,9-11H2,1H3/t15-/m0/s1. The summed E-state index contributed by atoms with van der Waals surface area (Å²) < 4.78 is 27.3. The van der Waals surface area contributed by atoms with Gasteiger partial charge in [-0.3, -0.25) is 14.7 Å². The molecule has 2 fully saturated rings. The van der Waals surface area contributed by atoms with Crippen LogP contribution in [0.25, 0.3) is 0 Å². The van der Waals surface area contributed by atoms with Crippen molar-refractivity contribution in [1.29, 1.82) is 0 Å². The topological polar surface area (TPSA) is 56.7 Å². The maximum Gasteiger partial charge on any atom is 0.262 e. The first-order chi connectivity index (χ1) is 11.4. The van der Waals surface area contributed by atoms with Gasteiger partial charge in [-0.1, -0.05) is 0 Å². The summed E-state index contributed by atoms with van der Waals surface area (Å²) in [5, 5.41) is 9.37. The zero-order valence-electron chi connectivity index (χ0n) is 13.8. The molecule has 1 N–H and O–H groups in total. The van der Waals surface area contributed by atoms with Gasteiger partial charge in [-0.15, -0.1) is 0 Å². The number of likely N-dealkylation sites (tertiary alicyclic amines) is 2. The fourth-order valence-electron chi connectivity index (χ4n) is 3.78. The van der Waals surface area contributed by atoms with Crippen LogP contribution in [0.5, 0.6) is 0 Å². The third-order valence-electron chi connectivity index (χ3n) is 4.99. The number of aromatic nitrogens is 1. The lowest BCUT2D eigenvalue weighted by molar-refractivity contribution is 0.00297. The molecule has 24 heavy (non-hydrogen) atoms. The number of piperidine rings is 1. The lowest BCUT2D eigenvalue weighted by atomic mass is 10.0. The molecule has 3 heterocycles. The smallest absolute Gasteiger partial charge is 0.262 e. The Hall–Kier alpha value is -1.60. The first-order valence-corrected chi connectivity index (χ1v) is 8.36. The minimum Gasteiger partial charge on any atom is -0.395 e. The Morgan fingerprint density at radius 2 is 2.12 bits per heavy atom. The second-order valence-electron chi connectivity index (χ2n) is 6.78. The Bertz CT molecular complexity index is 603. The van der Waals surface area contributed by atoms with E-state index in [1.807, 2.05) is 6.92 Å². The fourth-order valence-corrected chi connectivity index (χ4v) is 3.78. The van der Waals surface area contributed by atoms with Crippen LogP contribution in [-0.2, 0) is 0 Å². The molecule has 7 heteroatoms. The predicted octanol–water partition coefficient (Wildman–Crippen LogP) is 1.70. The van der Waals surface area contributed by atoms with E-state index >= 15 is 0 Å². The van der Waals surface area contributed by atoms with Crippen LogP contribution < -0.4 is 0 Å². The zero-order chi connectivity index (χ0) is 17.3. The summed E-state index contributed by atoms with van der Waals surface area (Å²) in [6, 6.07) is 2.98. The van der Waals surface area contributed by atoms with Crippen molar-refractivity contribution in [1.82, 2.24) is 14.8 Å². The zero-order valence-corrected chi connectivity index (χ0v) is 13.8. The number of aliphatic hydroxyl groups excluding tert-OH is 1. The Balaban J connectivity index is 1.61. The number of aryl methyl sites for hydroxylation is 1. The van der Waals surface area contributed by atoms with E-state index in [9.17, 15) is 18.7 Å². The van der Waals surface area contributed by atoms with Crippen molar-refractivity contribution in [3.05, 3.63) is 29.6 Å². The second kappa shape index (κ2) is 6.72. The van der Waals surface area contributed by atoms with Crippen LogP contribution in [0, 0.1) is 6.92 Å². The Labute approximate surface area is 140 Å². The molecule has 0 spiro atoms. The lowest BCUT2D eigenvalue weighted by Crippen LogP contribution is -2.49. The van der Waals surface area contributed by atoms with Gasteiger partial charge in [-0.05, 0) is 31.9 Å². The number of aliphatic hydroxyl groups is 1. The summed E-state index contributed by atoms with van der Waals surface area (Å²) in [5.74, 6) is -2.76. The highest BCUT2D eigenvalue weighted by atomic mass is 19.3. The largest absolute Gasteiger partial charge is 0.395 e. The van der Waals surface area contributed by atoms with Crippen LogP contribution >= 0.6 is 0 Å². The summed E-state index contributed by atoms with van der Waals surface area (Å²) in [6.07, 6.45) is 2.65. The highest BCUT2D eigenvalue weighted by Crippen LogP contribution is 2.35. The molecule has 2 saturated heterocycles. The van der Waals surface area contributed by atoms with Gasteiger partial charge in [-0.2, -0.15) is 0 Å². The quantitative estimate of drug-likeness (QED) is 0.911. The molecule has 0 unspecified atom stereocenters. The van der Waals surface area contributed by atoms with Gasteiger partial charge >= 0.3 is 0 Å². The molecule has 0 aliphatic carbocycles. The van der Waals surface area contributed by atoms with Gasteiger partial charge in [-0.25, -0.2) is 8.78 Å². The van der Waals surface area contributed by atoms with Crippen molar-refractivity contribution in [2.45, 2.75) is 44.2 Å². The van der Waals surface area contributed by atoms with E-state index in [0.717, 1.165) is 5.69 Å². The molecular formula is C17H23F2N3O2. The molecule has 0 saturated carbocycles. The number of rotatable bonds is 3. The van der Waals surface area contributed by atoms with Gasteiger partial charge in [0, 0.05) is 49.0 Å². The van der Waals surface area contributed by atoms with E-state index in [1.165, 1.54) is 0 Å². The van der Waals surface area contributed by atoms with Crippen LogP contribution in [0.1, 0.15) is 35.3 Å². The second-order valence-corrected chi connectivity index (χ2v) is 6.78. The molecule has 3 rings (SSSR count). The van der Waals surface area contributed by atoms with E-state index < -0.39 is 12.0 Å². The molecule has 1 atom stereocenters. The van der Waals surface area contributed by atoms with Gasteiger partial charge in [0.25, 0.3) is 11.8 Å². The van der Waals surface area contributed by atoms with Crippen molar-refractivity contribution in [3.63, 3.8) is 0 Å². The summed E-state index contributed by atoms with van der Waals surface area (Å²) >= 11 is 0. The van der Waals surface area contributed by atoms with Crippen LogP contribution in [0.2, 0.25) is 0 Å². The van der Waals surface area contributed by atoms with Crippen LogP contribution in [0.3, 0.4) is 0 Å². The number of carbonyl (C=O) groups is 1. The Morgan fingerprint density at radius 3 is 2.75 bits per heavy atom. The molecule has 1 aromatic heterocycles. The van der Waals surface area contributed by atoms with Crippen molar-refractivity contribution in [2.75, 3.05) is 26.2 Å². The van der Waals surface area contributed by atoms with Gasteiger partial charge in [0.05, 0.1) is 13.2 Å². The lowest BCUT2D eigenvalue weighted by Gasteiger charge is -2.38. The molecule has 1 amide bonds. The molecule has 0 bridgehead atoms. The molecule has 132 valence electrons. The van der Waals surface area contributed by atoms with E-state index in [1.54, 1.807) is 28.1 Å². The molecule has 1 aromatic rings. The molecule has 2 aliphatic heterocycles. The number of pyridine rings is 1. The summed E-state index contributed by atoms with van der Waals surface area (Å²) in [4.78, 5) is 20.1. The number of hydrogen-bond acceptors (Lipinski definition) is 4. The van der Waals surface area contributed by atoms with E-state index in [-0.39, 0.29) is 31.5 Å². The van der Waals surface area contributed by atoms with E-state index in [0.29, 0.717) is 31.5 Å². The SMILES string of the molecule is Cc1cc(C(=O)N2CCC(N3CC(F)(F)C[C@H]3CO)CC2)ccn1. The first kappa shape index (κ1) is 17.2. The molecule has 0 aromatic carbocycles. The number of halogens is 2. The van der Waals surface area contributed by atoms with Gasteiger partial charge in [0.1, 0.15) is 0 Å². The van der Waals surface area contributed by atoms with Gasteiger partial charge in [0.2, 0.25) is 0 Å². The number of hydrogen-bond donors (Lipinski definition) is 1. The summed E-state index contributed by atoms with van der Waals surface area (Å²) in [6.45, 7) is 2.40. The predicted molar refractivity (Wildman–Crippen MR) is 85.0 cm³/mol. The summed E-state index contributed by atoms with van der Waals surface area (Å²) in [7, 11) is 0. The monoisotopic (exact) mass is 339 g/mol. The van der Waals surface area contributed by atoms with Gasteiger partial charge in [0.15, 0.2) is 0 Å². The highest BCUT2D eigenvalue weighted by Gasteiger charge is 2.47. The fraction of sp³-hybridized carbons (Fsp3) is 0.647. The molecule has 2 aliphatic rings. The number of alkyl halides is 2. The number of amides is 1. The number of carbonyl (C=O) groups excluding carboxylic acids is 1. The average Bonchev–Trinajstić information content (AvgIpc) is 2.89. The van der Waals surface area contributed by atoms with E-state index in [2.05, 4.69) is 4.98 Å². The number of nitrogens with zero attached hydrogens (tertiary/aromatic N) is 3. The highest BCUT2D eigenvalue weighted by molar-refractivity contribution is 5.94. The molecule has 0 radical (unpaired) electrons.